The van der Waals surface area contributed by atoms with Crippen LogP contribution in [0.15, 0.2) is 70.6 Å². The fourth-order valence-corrected chi connectivity index (χ4v) is 4.43. The lowest BCUT2D eigenvalue weighted by molar-refractivity contribution is -0.115. The van der Waals surface area contributed by atoms with Crippen molar-refractivity contribution < 1.29 is 14.3 Å². The summed E-state index contributed by atoms with van der Waals surface area (Å²) in [6, 6.07) is 18.8. The monoisotopic (exact) mass is 498 g/mol. The molecule has 1 aliphatic heterocycles. The number of carbonyl (C=O) groups is 1. The van der Waals surface area contributed by atoms with Crippen LogP contribution in [0.3, 0.4) is 0 Å². The maximum absolute atomic E-state index is 12.5. The topological polar surface area (TPSA) is 59.9 Å². The first-order valence-corrected chi connectivity index (χ1v) is 11.6. The van der Waals surface area contributed by atoms with E-state index in [0.29, 0.717) is 49.5 Å². The number of amides is 1. The Morgan fingerprint density at radius 3 is 2.61 bits per heavy atom. The SMILES string of the molecule is COc1cc(/C=C2/SC(=Nc3cccc(Cl)c3C)NC2=O)cc(Cl)c1OCc1ccccc1. The highest BCUT2D eigenvalue weighted by Crippen LogP contribution is 2.38. The second kappa shape index (κ2) is 10.3. The number of rotatable bonds is 6. The van der Waals surface area contributed by atoms with E-state index in [-0.39, 0.29) is 5.91 Å². The molecule has 0 bridgehead atoms. The molecular weight excluding hydrogens is 479 g/mol. The minimum Gasteiger partial charge on any atom is -0.493 e. The third-order valence-corrected chi connectivity index (χ3v) is 6.49. The Hall–Kier alpha value is -2.93. The number of nitrogens with zero attached hydrogens (tertiary/aromatic N) is 1. The summed E-state index contributed by atoms with van der Waals surface area (Å²) >= 11 is 13.9. The van der Waals surface area contributed by atoms with Crippen molar-refractivity contribution >= 4 is 57.8 Å². The summed E-state index contributed by atoms with van der Waals surface area (Å²) in [4.78, 5) is 17.5. The van der Waals surface area contributed by atoms with Gasteiger partial charge in [-0.2, -0.15) is 0 Å². The zero-order chi connectivity index (χ0) is 23.4. The molecule has 0 aromatic heterocycles. The van der Waals surface area contributed by atoms with Gasteiger partial charge < -0.3 is 14.8 Å². The molecule has 1 amide bonds. The van der Waals surface area contributed by atoms with Crippen molar-refractivity contribution in [1.29, 1.82) is 0 Å². The highest BCUT2D eigenvalue weighted by molar-refractivity contribution is 8.18. The van der Waals surface area contributed by atoms with Crippen molar-refractivity contribution in [2.24, 2.45) is 4.99 Å². The first kappa shape index (κ1) is 23.2. The number of carbonyl (C=O) groups excluding carboxylic acids is 1. The summed E-state index contributed by atoms with van der Waals surface area (Å²) in [5.74, 6) is 0.697. The molecule has 0 atom stereocenters. The summed E-state index contributed by atoms with van der Waals surface area (Å²) in [7, 11) is 1.55. The first-order valence-electron chi connectivity index (χ1n) is 10.0. The van der Waals surface area contributed by atoms with Gasteiger partial charge in [-0.1, -0.05) is 59.6 Å². The molecule has 0 aliphatic carbocycles. The molecule has 4 rings (SSSR count). The lowest BCUT2D eigenvalue weighted by Gasteiger charge is -2.13. The second-order valence-corrected chi connectivity index (χ2v) is 9.02. The lowest BCUT2D eigenvalue weighted by atomic mass is 10.1. The van der Waals surface area contributed by atoms with E-state index in [0.717, 1.165) is 11.1 Å². The highest BCUT2D eigenvalue weighted by Gasteiger charge is 2.24. The number of benzene rings is 3. The minimum absolute atomic E-state index is 0.238. The number of hydrogen-bond acceptors (Lipinski definition) is 5. The van der Waals surface area contributed by atoms with Gasteiger partial charge in [0.1, 0.15) is 6.61 Å². The number of thioether (sulfide) groups is 1. The molecule has 168 valence electrons. The zero-order valence-corrected chi connectivity index (χ0v) is 20.2. The average molecular weight is 499 g/mol. The van der Waals surface area contributed by atoms with Crippen molar-refractivity contribution in [3.8, 4) is 11.5 Å². The second-order valence-electron chi connectivity index (χ2n) is 7.17. The summed E-state index contributed by atoms with van der Waals surface area (Å²) < 4.78 is 11.4. The predicted molar refractivity (Wildman–Crippen MR) is 136 cm³/mol. The van der Waals surface area contributed by atoms with Gasteiger partial charge >= 0.3 is 0 Å². The molecule has 0 unspecified atom stereocenters. The number of nitrogens with one attached hydrogen (secondary N) is 1. The Balaban J connectivity index is 1.56. The number of ether oxygens (including phenoxy) is 2. The van der Waals surface area contributed by atoms with Crippen LogP contribution in [-0.2, 0) is 11.4 Å². The maximum Gasteiger partial charge on any atom is 0.264 e. The Kier molecular flexibility index (Phi) is 7.28. The van der Waals surface area contributed by atoms with E-state index < -0.39 is 0 Å². The standard InChI is InChI=1S/C25H20Cl2N2O3S/c1-15-18(26)9-6-10-20(15)28-25-29-24(30)22(33-25)13-17-11-19(27)23(21(12-17)31-2)32-14-16-7-4-3-5-8-16/h3-13H,14H2,1-2H3,(H,28,29,30)/b22-13+. The summed E-state index contributed by atoms with van der Waals surface area (Å²) in [5, 5.41) is 4.29. The van der Waals surface area contributed by atoms with Gasteiger partial charge in [-0.25, -0.2) is 4.99 Å². The molecule has 1 N–H and O–H groups in total. The van der Waals surface area contributed by atoms with Crippen LogP contribution in [0.2, 0.25) is 10.0 Å². The molecule has 0 saturated carbocycles. The number of aliphatic imine (C=N–C) groups is 1. The van der Waals surface area contributed by atoms with Crippen LogP contribution in [0.4, 0.5) is 5.69 Å². The molecule has 1 heterocycles. The molecule has 33 heavy (non-hydrogen) atoms. The molecule has 1 aliphatic rings. The quantitative estimate of drug-likeness (QED) is 0.380. The molecule has 3 aromatic rings. The van der Waals surface area contributed by atoms with E-state index in [4.69, 9.17) is 32.7 Å². The Morgan fingerprint density at radius 1 is 1.06 bits per heavy atom. The van der Waals surface area contributed by atoms with Gasteiger partial charge in [0, 0.05) is 5.02 Å². The van der Waals surface area contributed by atoms with Crippen LogP contribution >= 0.6 is 35.0 Å². The Labute approximate surface area is 206 Å². The van der Waals surface area contributed by atoms with Crippen molar-refractivity contribution in [2.45, 2.75) is 13.5 Å². The number of methoxy groups -OCH3 is 1. The highest BCUT2D eigenvalue weighted by atomic mass is 35.5. The van der Waals surface area contributed by atoms with Gasteiger partial charge in [-0.05, 0) is 65.7 Å². The smallest absolute Gasteiger partial charge is 0.264 e. The minimum atomic E-state index is -0.238. The lowest BCUT2D eigenvalue weighted by Crippen LogP contribution is -2.19. The number of halogens is 2. The van der Waals surface area contributed by atoms with Crippen molar-refractivity contribution in [3.05, 3.63) is 92.3 Å². The van der Waals surface area contributed by atoms with E-state index in [1.165, 1.54) is 11.8 Å². The molecule has 0 spiro atoms. The summed E-state index contributed by atoms with van der Waals surface area (Å²) in [6.45, 7) is 2.24. The van der Waals surface area contributed by atoms with Crippen LogP contribution in [0.25, 0.3) is 6.08 Å². The van der Waals surface area contributed by atoms with Crippen LogP contribution in [-0.4, -0.2) is 18.2 Å². The zero-order valence-electron chi connectivity index (χ0n) is 17.9. The van der Waals surface area contributed by atoms with Crippen molar-refractivity contribution in [1.82, 2.24) is 5.32 Å². The first-order chi connectivity index (χ1) is 15.9. The molecule has 0 radical (unpaired) electrons. The maximum atomic E-state index is 12.5. The molecule has 5 nitrogen and oxygen atoms in total. The molecule has 8 heteroatoms. The van der Waals surface area contributed by atoms with Gasteiger partial charge in [0.15, 0.2) is 16.7 Å². The predicted octanol–water partition coefficient (Wildman–Crippen LogP) is 6.78. The van der Waals surface area contributed by atoms with Gasteiger partial charge in [0.2, 0.25) is 0 Å². The molecule has 1 fully saturated rings. The van der Waals surface area contributed by atoms with Crippen molar-refractivity contribution in [2.75, 3.05) is 7.11 Å². The van der Waals surface area contributed by atoms with Gasteiger partial charge in [-0.3, -0.25) is 4.79 Å². The van der Waals surface area contributed by atoms with Crippen LogP contribution < -0.4 is 14.8 Å². The van der Waals surface area contributed by atoms with Crippen LogP contribution in [0, 0.1) is 6.92 Å². The Morgan fingerprint density at radius 2 is 1.85 bits per heavy atom. The van der Waals surface area contributed by atoms with Gasteiger partial charge in [0.25, 0.3) is 5.91 Å². The van der Waals surface area contributed by atoms with E-state index in [2.05, 4.69) is 10.3 Å². The van der Waals surface area contributed by atoms with Crippen LogP contribution in [0.5, 0.6) is 11.5 Å². The number of amidine groups is 1. The normalized spacial score (nSPS) is 15.7. The number of hydrogen-bond donors (Lipinski definition) is 1. The van der Waals surface area contributed by atoms with E-state index in [1.54, 1.807) is 31.4 Å². The molecular formula is C25H20Cl2N2O3S. The Bertz CT molecular complexity index is 1260. The third kappa shape index (κ3) is 5.53. The van der Waals surface area contributed by atoms with Crippen molar-refractivity contribution in [3.63, 3.8) is 0 Å². The largest absolute Gasteiger partial charge is 0.493 e. The average Bonchev–Trinajstić information content (AvgIpc) is 3.15. The van der Waals surface area contributed by atoms with Gasteiger partial charge in [0.05, 0.1) is 22.7 Å². The fraction of sp³-hybridized carbons (Fsp3) is 0.120. The summed E-state index contributed by atoms with van der Waals surface area (Å²) in [6.07, 6.45) is 1.74. The van der Waals surface area contributed by atoms with E-state index >= 15 is 0 Å². The molecule has 1 saturated heterocycles. The van der Waals surface area contributed by atoms with E-state index in [9.17, 15) is 4.79 Å². The third-order valence-electron chi connectivity index (χ3n) is 4.89. The van der Waals surface area contributed by atoms with Crippen LogP contribution in [0.1, 0.15) is 16.7 Å². The van der Waals surface area contributed by atoms with E-state index in [1.807, 2.05) is 49.4 Å². The fourth-order valence-electron chi connectivity index (χ4n) is 3.15. The summed E-state index contributed by atoms with van der Waals surface area (Å²) in [5.41, 5.74) is 3.28. The molecule has 3 aromatic carbocycles. The van der Waals surface area contributed by atoms with Gasteiger partial charge in [-0.15, -0.1) is 0 Å².